The zero-order valence-electron chi connectivity index (χ0n) is 9.53. The van der Waals surface area contributed by atoms with E-state index in [0.29, 0.717) is 11.1 Å². The SMILES string of the molecule is [CH2][C@H](C)n1ccc2c(N)c(C)ccc2c1=O. The first-order valence-corrected chi connectivity index (χ1v) is 5.25. The second-order valence-corrected chi connectivity index (χ2v) is 4.13. The molecule has 1 atom stereocenters. The highest BCUT2D eigenvalue weighted by Gasteiger charge is 2.08. The van der Waals surface area contributed by atoms with Crippen LogP contribution in [0.2, 0.25) is 0 Å². The zero-order chi connectivity index (χ0) is 11.9. The van der Waals surface area contributed by atoms with Crippen molar-refractivity contribution < 1.29 is 0 Å². The lowest BCUT2D eigenvalue weighted by Crippen LogP contribution is -2.21. The number of nitrogen functional groups attached to an aromatic ring is 1. The van der Waals surface area contributed by atoms with Gasteiger partial charge in [-0.3, -0.25) is 4.79 Å². The Morgan fingerprint density at radius 1 is 1.31 bits per heavy atom. The van der Waals surface area contributed by atoms with Crippen molar-refractivity contribution in [3.63, 3.8) is 0 Å². The molecule has 3 nitrogen and oxygen atoms in total. The third-order valence-corrected chi connectivity index (χ3v) is 2.85. The molecule has 0 aliphatic carbocycles. The van der Waals surface area contributed by atoms with E-state index < -0.39 is 0 Å². The Bertz CT molecular complexity index is 597. The molecule has 0 aliphatic heterocycles. The molecule has 0 spiro atoms. The molecule has 1 aromatic carbocycles. The van der Waals surface area contributed by atoms with Crippen LogP contribution in [0.3, 0.4) is 0 Å². The van der Waals surface area contributed by atoms with Crippen molar-refractivity contribution in [1.82, 2.24) is 4.57 Å². The molecule has 83 valence electrons. The molecule has 0 fully saturated rings. The molecule has 1 aromatic heterocycles. The van der Waals surface area contributed by atoms with Gasteiger partial charge in [-0.2, -0.15) is 0 Å². The number of anilines is 1. The van der Waals surface area contributed by atoms with Crippen LogP contribution < -0.4 is 11.3 Å². The molecule has 0 unspecified atom stereocenters. The number of aryl methyl sites for hydroxylation is 1. The molecule has 2 aromatic rings. The van der Waals surface area contributed by atoms with Gasteiger partial charge in [0.25, 0.3) is 5.56 Å². The molecular formula is C13H15N2O. The van der Waals surface area contributed by atoms with Gasteiger partial charge in [-0.25, -0.2) is 0 Å². The predicted molar refractivity (Wildman–Crippen MR) is 67.4 cm³/mol. The monoisotopic (exact) mass is 215 g/mol. The van der Waals surface area contributed by atoms with E-state index in [4.69, 9.17) is 5.73 Å². The Morgan fingerprint density at radius 2 is 2.00 bits per heavy atom. The third-order valence-electron chi connectivity index (χ3n) is 2.85. The van der Waals surface area contributed by atoms with E-state index in [9.17, 15) is 4.79 Å². The fourth-order valence-electron chi connectivity index (χ4n) is 1.82. The van der Waals surface area contributed by atoms with Crippen molar-refractivity contribution >= 4 is 16.5 Å². The van der Waals surface area contributed by atoms with Gasteiger partial charge in [-0.15, -0.1) is 0 Å². The summed E-state index contributed by atoms with van der Waals surface area (Å²) in [7, 11) is 0. The van der Waals surface area contributed by atoms with Crippen molar-refractivity contribution in [2.24, 2.45) is 0 Å². The quantitative estimate of drug-likeness (QED) is 0.742. The lowest BCUT2D eigenvalue weighted by Gasteiger charge is -2.12. The number of aromatic nitrogens is 1. The van der Waals surface area contributed by atoms with Crippen LogP contribution in [0.4, 0.5) is 5.69 Å². The molecule has 0 amide bonds. The topological polar surface area (TPSA) is 48.0 Å². The van der Waals surface area contributed by atoms with Gasteiger partial charge in [0.15, 0.2) is 0 Å². The summed E-state index contributed by atoms with van der Waals surface area (Å²) in [5.41, 5.74) is 7.59. The minimum absolute atomic E-state index is 0.0355. The van der Waals surface area contributed by atoms with Crippen molar-refractivity contribution in [3.8, 4) is 0 Å². The van der Waals surface area contributed by atoms with Crippen LogP contribution >= 0.6 is 0 Å². The van der Waals surface area contributed by atoms with Crippen molar-refractivity contribution in [2.75, 3.05) is 5.73 Å². The molecule has 1 heterocycles. The van der Waals surface area contributed by atoms with Crippen LogP contribution in [-0.2, 0) is 0 Å². The smallest absolute Gasteiger partial charge is 0.258 e. The highest BCUT2D eigenvalue weighted by Crippen LogP contribution is 2.22. The first-order chi connectivity index (χ1) is 7.52. The summed E-state index contributed by atoms with van der Waals surface area (Å²) in [6.45, 7) is 7.66. The summed E-state index contributed by atoms with van der Waals surface area (Å²) in [6.07, 6.45) is 1.75. The second-order valence-electron chi connectivity index (χ2n) is 4.13. The van der Waals surface area contributed by atoms with Crippen molar-refractivity contribution in [3.05, 3.63) is 47.2 Å². The lowest BCUT2D eigenvalue weighted by molar-refractivity contribution is 0.636. The Labute approximate surface area is 94.5 Å². The molecule has 1 radical (unpaired) electrons. The lowest BCUT2D eigenvalue weighted by atomic mass is 10.1. The molecular weight excluding hydrogens is 200 g/mol. The Hall–Kier alpha value is -1.77. The number of benzene rings is 1. The van der Waals surface area contributed by atoms with Crippen LogP contribution in [-0.4, -0.2) is 4.57 Å². The summed E-state index contributed by atoms with van der Waals surface area (Å²) >= 11 is 0. The van der Waals surface area contributed by atoms with Crippen molar-refractivity contribution in [2.45, 2.75) is 19.9 Å². The van der Waals surface area contributed by atoms with Gasteiger partial charge in [0.2, 0.25) is 0 Å². The second kappa shape index (κ2) is 3.67. The van der Waals surface area contributed by atoms with Gasteiger partial charge in [-0.1, -0.05) is 6.07 Å². The minimum Gasteiger partial charge on any atom is -0.398 e. The molecule has 0 saturated carbocycles. The first-order valence-electron chi connectivity index (χ1n) is 5.25. The van der Waals surface area contributed by atoms with Gasteiger partial charge < -0.3 is 10.3 Å². The number of pyridine rings is 1. The molecule has 0 saturated heterocycles. The van der Waals surface area contributed by atoms with E-state index in [1.807, 2.05) is 32.0 Å². The maximum atomic E-state index is 12.1. The maximum absolute atomic E-state index is 12.1. The normalized spacial score (nSPS) is 11.2. The number of fused-ring (bicyclic) bond motifs is 1. The fraction of sp³-hybridized carbons (Fsp3) is 0.231. The predicted octanol–water partition coefficient (Wildman–Crippen LogP) is 2.29. The highest BCUT2D eigenvalue weighted by atomic mass is 16.1. The summed E-state index contributed by atoms with van der Waals surface area (Å²) in [4.78, 5) is 12.1. The molecule has 2 N–H and O–H groups in total. The van der Waals surface area contributed by atoms with Crippen LogP contribution in [0.5, 0.6) is 0 Å². The van der Waals surface area contributed by atoms with Crippen LogP contribution in [0.1, 0.15) is 18.5 Å². The average Bonchev–Trinajstić information content (AvgIpc) is 2.23. The molecule has 16 heavy (non-hydrogen) atoms. The van der Waals surface area contributed by atoms with Crippen LogP contribution in [0.25, 0.3) is 10.8 Å². The first kappa shape index (κ1) is 10.7. The Balaban J connectivity index is 2.88. The summed E-state index contributed by atoms with van der Waals surface area (Å²) in [5, 5.41) is 1.48. The number of rotatable bonds is 1. The van der Waals surface area contributed by atoms with E-state index in [0.717, 1.165) is 10.9 Å². The zero-order valence-corrected chi connectivity index (χ0v) is 9.53. The number of hydrogen-bond donors (Lipinski definition) is 1. The van der Waals surface area contributed by atoms with E-state index in [2.05, 4.69) is 6.92 Å². The van der Waals surface area contributed by atoms with E-state index in [1.54, 1.807) is 10.8 Å². The summed E-state index contributed by atoms with van der Waals surface area (Å²) in [5.74, 6) is 0. The standard InChI is InChI=1S/C13H15N2O/c1-8(2)15-7-6-10-11(13(15)16)5-4-9(3)12(10)14/h4-8H,1,14H2,2-3H3/t8-/m1/s1. The van der Waals surface area contributed by atoms with E-state index in [-0.39, 0.29) is 11.6 Å². The minimum atomic E-state index is -0.0839. The van der Waals surface area contributed by atoms with E-state index >= 15 is 0 Å². The molecule has 2 rings (SSSR count). The van der Waals surface area contributed by atoms with Gasteiger partial charge in [0.1, 0.15) is 0 Å². The third kappa shape index (κ3) is 1.48. The molecule has 3 heteroatoms. The van der Waals surface area contributed by atoms with E-state index in [1.165, 1.54) is 0 Å². The fourth-order valence-corrected chi connectivity index (χ4v) is 1.82. The summed E-state index contributed by atoms with van der Waals surface area (Å²) in [6, 6.07) is 5.49. The highest BCUT2D eigenvalue weighted by molar-refractivity contribution is 5.93. The summed E-state index contributed by atoms with van der Waals surface area (Å²) < 4.78 is 1.61. The maximum Gasteiger partial charge on any atom is 0.258 e. The number of nitrogens with zero attached hydrogens (tertiary/aromatic N) is 1. The Kier molecular flexibility index (Phi) is 2.46. The van der Waals surface area contributed by atoms with Gasteiger partial charge >= 0.3 is 0 Å². The number of hydrogen-bond acceptors (Lipinski definition) is 2. The van der Waals surface area contributed by atoms with Gasteiger partial charge in [0, 0.05) is 28.7 Å². The number of nitrogens with two attached hydrogens (primary N) is 1. The van der Waals surface area contributed by atoms with Crippen LogP contribution in [0, 0.1) is 13.8 Å². The Morgan fingerprint density at radius 3 is 2.62 bits per heavy atom. The molecule has 0 bridgehead atoms. The molecule has 0 aliphatic rings. The van der Waals surface area contributed by atoms with Crippen LogP contribution in [0.15, 0.2) is 29.2 Å². The largest absolute Gasteiger partial charge is 0.398 e. The van der Waals surface area contributed by atoms with Gasteiger partial charge in [-0.05, 0) is 38.5 Å². The van der Waals surface area contributed by atoms with Crippen molar-refractivity contribution in [1.29, 1.82) is 0 Å². The average molecular weight is 215 g/mol. The van der Waals surface area contributed by atoms with Gasteiger partial charge in [0.05, 0.1) is 0 Å².